The average Bonchev–Trinajstić information content (AvgIpc) is 2.34. The van der Waals surface area contributed by atoms with Gasteiger partial charge in [0.15, 0.2) is 0 Å². The minimum Gasteiger partial charge on any atom is -0.295 e. The molecule has 0 unspecified atom stereocenters. The molecular weight excluding hydrogens is 134 g/mol. The van der Waals surface area contributed by atoms with Crippen LogP contribution in [0.3, 0.4) is 0 Å². The summed E-state index contributed by atoms with van der Waals surface area (Å²) in [6.07, 6.45) is 7.27. The van der Waals surface area contributed by atoms with Gasteiger partial charge in [0.25, 0.3) is 0 Å². The van der Waals surface area contributed by atoms with Crippen molar-refractivity contribution in [3.8, 4) is 0 Å². The summed E-state index contributed by atoms with van der Waals surface area (Å²) >= 11 is 0. The SMILES string of the molecule is C[C@@H]1CCC[C@H]2CC[C@H](C)N21. The standard InChI is InChI=1S/C10H19N/c1-8-4-3-5-10-7-6-9(2)11(8)10/h8-10H,3-7H2,1-2H3/t8-,9+,10+/m1/s1. The first kappa shape index (κ1) is 7.60. The van der Waals surface area contributed by atoms with E-state index in [1.807, 2.05) is 0 Å². The van der Waals surface area contributed by atoms with E-state index in [0.717, 1.165) is 18.1 Å². The Morgan fingerprint density at radius 1 is 0.909 bits per heavy atom. The first-order valence-electron chi connectivity index (χ1n) is 5.06. The van der Waals surface area contributed by atoms with Crippen LogP contribution in [0.15, 0.2) is 0 Å². The van der Waals surface area contributed by atoms with Crippen molar-refractivity contribution in [2.75, 3.05) is 0 Å². The van der Waals surface area contributed by atoms with Gasteiger partial charge in [-0.2, -0.15) is 0 Å². The van der Waals surface area contributed by atoms with Crippen molar-refractivity contribution in [3.05, 3.63) is 0 Å². The summed E-state index contributed by atoms with van der Waals surface area (Å²) in [5, 5.41) is 0. The smallest absolute Gasteiger partial charge is 0.0101 e. The molecule has 1 nitrogen and oxygen atoms in total. The maximum Gasteiger partial charge on any atom is 0.0101 e. The van der Waals surface area contributed by atoms with Crippen molar-refractivity contribution >= 4 is 0 Å². The van der Waals surface area contributed by atoms with Gasteiger partial charge in [-0.25, -0.2) is 0 Å². The number of hydrogen-bond donors (Lipinski definition) is 0. The van der Waals surface area contributed by atoms with Crippen LogP contribution in [-0.4, -0.2) is 23.0 Å². The molecule has 0 saturated carbocycles. The summed E-state index contributed by atoms with van der Waals surface area (Å²) in [4.78, 5) is 2.75. The molecule has 0 radical (unpaired) electrons. The first-order valence-corrected chi connectivity index (χ1v) is 5.06. The molecule has 0 N–H and O–H groups in total. The maximum atomic E-state index is 2.75. The van der Waals surface area contributed by atoms with Crippen molar-refractivity contribution < 1.29 is 0 Å². The highest BCUT2D eigenvalue weighted by Gasteiger charge is 2.35. The second-order valence-electron chi connectivity index (χ2n) is 4.31. The third kappa shape index (κ3) is 1.20. The summed E-state index contributed by atoms with van der Waals surface area (Å²) in [6.45, 7) is 4.79. The third-order valence-corrected chi connectivity index (χ3v) is 3.52. The molecule has 0 aromatic carbocycles. The van der Waals surface area contributed by atoms with Gasteiger partial charge in [0, 0.05) is 18.1 Å². The van der Waals surface area contributed by atoms with Crippen molar-refractivity contribution in [1.29, 1.82) is 0 Å². The van der Waals surface area contributed by atoms with Gasteiger partial charge in [0.05, 0.1) is 0 Å². The number of rotatable bonds is 0. The van der Waals surface area contributed by atoms with E-state index in [-0.39, 0.29) is 0 Å². The Morgan fingerprint density at radius 3 is 2.36 bits per heavy atom. The predicted octanol–water partition coefficient (Wildman–Crippen LogP) is 2.41. The van der Waals surface area contributed by atoms with E-state index in [4.69, 9.17) is 0 Å². The number of piperidine rings is 1. The molecule has 0 aliphatic carbocycles. The van der Waals surface area contributed by atoms with E-state index in [0.29, 0.717) is 0 Å². The van der Waals surface area contributed by atoms with Crippen LogP contribution in [0.2, 0.25) is 0 Å². The lowest BCUT2D eigenvalue weighted by molar-refractivity contribution is 0.0997. The van der Waals surface area contributed by atoms with E-state index in [9.17, 15) is 0 Å². The molecule has 2 fully saturated rings. The van der Waals surface area contributed by atoms with E-state index in [1.165, 1.54) is 32.1 Å². The number of fused-ring (bicyclic) bond motifs is 1. The monoisotopic (exact) mass is 153 g/mol. The zero-order valence-corrected chi connectivity index (χ0v) is 7.71. The average molecular weight is 153 g/mol. The molecule has 0 amide bonds. The fourth-order valence-corrected chi connectivity index (χ4v) is 2.98. The number of nitrogens with zero attached hydrogens (tertiary/aromatic N) is 1. The van der Waals surface area contributed by atoms with Crippen LogP contribution < -0.4 is 0 Å². The summed E-state index contributed by atoms with van der Waals surface area (Å²) in [5.74, 6) is 0. The Balaban J connectivity index is 2.08. The summed E-state index contributed by atoms with van der Waals surface area (Å²) in [6, 6.07) is 2.69. The highest BCUT2D eigenvalue weighted by Crippen LogP contribution is 2.34. The van der Waals surface area contributed by atoms with Crippen LogP contribution in [-0.2, 0) is 0 Å². The normalized spacial score (nSPS) is 45.8. The molecule has 2 heterocycles. The zero-order valence-electron chi connectivity index (χ0n) is 7.71. The summed E-state index contributed by atoms with van der Waals surface area (Å²) in [5.41, 5.74) is 0. The highest BCUT2D eigenvalue weighted by molar-refractivity contribution is 4.91. The lowest BCUT2D eigenvalue weighted by Gasteiger charge is -2.38. The van der Waals surface area contributed by atoms with E-state index in [1.54, 1.807) is 0 Å². The molecule has 64 valence electrons. The molecule has 11 heavy (non-hydrogen) atoms. The van der Waals surface area contributed by atoms with Gasteiger partial charge < -0.3 is 0 Å². The van der Waals surface area contributed by atoms with Gasteiger partial charge >= 0.3 is 0 Å². The van der Waals surface area contributed by atoms with Crippen LogP contribution >= 0.6 is 0 Å². The Hall–Kier alpha value is -0.0400. The highest BCUT2D eigenvalue weighted by atomic mass is 15.2. The third-order valence-electron chi connectivity index (χ3n) is 3.52. The molecule has 0 aromatic heterocycles. The Morgan fingerprint density at radius 2 is 1.64 bits per heavy atom. The lowest BCUT2D eigenvalue weighted by Crippen LogP contribution is -2.44. The van der Waals surface area contributed by atoms with Crippen LogP contribution in [0.25, 0.3) is 0 Å². The fraction of sp³-hybridized carbons (Fsp3) is 1.00. The Labute approximate surface area is 69.8 Å². The lowest BCUT2D eigenvalue weighted by atomic mass is 9.97. The van der Waals surface area contributed by atoms with E-state index < -0.39 is 0 Å². The molecular formula is C10H19N. The van der Waals surface area contributed by atoms with Gasteiger partial charge in [0.1, 0.15) is 0 Å². The maximum absolute atomic E-state index is 2.75. The molecule has 1 heteroatoms. The van der Waals surface area contributed by atoms with E-state index >= 15 is 0 Å². The molecule has 2 aliphatic rings. The minimum absolute atomic E-state index is 0.867. The van der Waals surface area contributed by atoms with E-state index in [2.05, 4.69) is 18.7 Å². The molecule has 0 aromatic rings. The van der Waals surface area contributed by atoms with Gasteiger partial charge in [-0.3, -0.25) is 4.90 Å². The van der Waals surface area contributed by atoms with Gasteiger partial charge in [-0.15, -0.1) is 0 Å². The fourth-order valence-electron chi connectivity index (χ4n) is 2.98. The topological polar surface area (TPSA) is 3.24 Å². The molecule has 0 bridgehead atoms. The largest absolute Gasteiger partial charge is 0.295 e. The second kappa shape index (κ2) is 2.78. The van der Waals surface area contributed by atoms with Crippen LogP contribution in [0, 0.1) is 0 Å². The van der Waals surface area contributed by atoms with Crippen molar-refractivity contribution in [2.24, 2.45) is 0 Å². The molecule has 0 spiro atoms. The minimum atomic E-state index is 0.867. The molecule has 2 saturated heterocycles. The quantitative estimate of drug-likeness (QED) is 0.516. The predicted molar refractivity (Wildman–Crippen MR) is 47.6 cm³/mol. The summed E-state index contributed by atoms with van der Waals surface area (Å²) in [7, 11) is 0. The first-order chi connectivity index (χ1) is 5.29. The van der Waals surface area contributed by atoms with Crippen LogP contribution in [0.4, 0.5) is 0 Å². The van der Waals surface area contributed by atoms with Crippen molar-refractivity contribution in [1.82, 2.24) is 4.90 Å². The van der Waals surface area contributed by atoms with Gasteiger partial charge in [-0.1, -0.05) is 6.42 Å². The molecule has 3 atom stereocenters. The summed E-state index contributed by atoms with van der Waals surface area (Å²) < 4.78 is 0. The Bertz CT molecular complexity index is 142. The van der Waals surface area contributed by atoms with Crippen molar-refractivity contribution in [3.63, 3.8) is 0 Å². The second-order valence-corrected chi connectivity index (χ2v) is 4.31. The number of hydrogen-bond acceptors (Lipinski definition) is 1. The molecule has 2 rings (SSSR count). The van der Waals surface area contributed by atoms with Crippen LogP contribution in [0.5, 0.6) is 0 Å². The zero-order chi connectivity index (χ0) is 7.84. The van der Waals surface area contributed by atoms with Gasteiger partial charge in [0.2, 0.25) is 0 Å². The van der Waals surface area contributed by atoms with Crippen molar-refractivity contribution in [2.45, 2.75) is 64.1 Å². The van der Waals surface area contributed by atoms with Gasteiger partial charge in [-0.05, 0) is 39.5 Å². The Kier molecular flexibility index (Phi) is 1.92. The molecule has 2 aliphatic heterocycles. The van der Waals surface area contributed by atoms with Crippen LogP contribution in [0.1, 0.15) is 46.0 Å².